The quantitative estimate of drug-likeness (QED) is 0.700. The molecule has 26 heavy (non-hydrogen) atoms. The summed E-state index contributed by atoms with van der Waals surface area (Å²) in [6, 6.07) is 14.3. The van der Waals surface area contributed by atoms with Crippen LogP contribution in [-0.2, 0) is 9.59 Å². The number of para-hydroxylation sites is 2. The summed E-state index contributed by atoms with van der Waals surface area (Å²) in [4.78, 5) is 41.8. The average Bonchev–Trinajstić information content (AvgIpc) is 3.00. The Morgan fingerprint density at radius 2 is 1.81 bits per heavy atom. The van der Waals surface area contributed by atoms with Crippen molar-refractivity contribution >= 4 is 51.7 Å². The first-order valence-electron chi connectivity index (χ1n) is 8.23. The van der Waals surface area contributed by atoms with Gasteiger partial charge in [-0.1, -0.05) is 24.3 Å². The summed E-state index contributed by atoms with van der Waals surface area (Å²) < 4.78 is 0.885. The molecule has 0 bridgehead atoms. The number of nitrogens with one attached hydrogen (secondary N) is 1. The van der Waals surface area contributed by atoms with Crippen molar-refractivity contribution in [1.82, 2.24) is 4.90 Å². The van der Waals surface area contributed by atoms with E-state index in [4.69, 9.17) is 0 Å². The summed E-state index contributed by atoms with van der Waals surface area (Å²) in [5.41, 5.74) is 0.243. The number of rotatable bonds is 2. The van der Waals surface area contributed by atoms with E-state index in [2.05, 4.69) is 27.9 Å². The number of fused-ring (bicyclic) bond motifs is 3. The Kier molecular flexibility index (Phi) is 3.98. The van der Waals surface area contributed by atoms with Crippen molar-refractivity contribution in [3.05, 3.63) is 57.7 Å². The van der Waals surface area contributed by atoms with Gasteiger partial charge in [0.15, 0.2) is 0 Å². The lowest BCUT2D eigenvalue weighted by Gasteiger charge is -2.47. The fraction of sp³-hybridized carbons (Fsp3) is 0.211. The molecule has 2 aromatic carbocycles. The van der Waals surface area contributed by atoms with E-state index in [0.717, 1.165) is 3.57 Å². The first kappa shape index (κ1) is 17.0. The Morgan fingerprint density at radius 3 is 2.58 bits per heavy atom. The van der Waals surface area contributed by atoms with Crippen molar-refractivity contribution in [1.29, 1.82) is 0 Å². The van der Waals surface area contributed by atoms with E-state index in [-0.39, 0.29) is 30.6 Å². The van der Waals surface area contributed by atoms with Crippen LogP contribution in [0.2, 0.25) is 0 Å². The second kappa shape index (κ2) is 6.08. The molecular formula is C19H16IN3O3. The molecule has 2 aliphatic rings. The molecular weight excluding hydrogens is 445 g/mol. The summed E-state index contributed by atoms with van der Waals surface area (Å²) in [5, 5.41) is 2.91. The molecule has 2 aliphatic heterocycles. The van der Waals surface area contributed by atoms with Gasteiger partial charge in [0, 0.05) is 23.5 Å². The molecule has 0 spiro atoms. The fourth-order valence-corrected chi connectivity index (χ4v) is 4.24. The molecule has 7 heteroatoms. The SMILES string of the molecule is CN1C(=O)c2ccccc2N2C(=O)CCC12C(=O)Nc1ccccc1I. The second-order valence-electron chi connectivity index (χ2n) is 6.36. The summed E-state index contributed by atoms with van der Waals surface area (Å²) in [6.45, 7) is 0. The van der Waals surface area contributed by atoms with Gasteiger partial charge in [0.2, 0.25) is 11.6 Å². The average molecular weight is 461 g/mol. The highest BCUT2D eigenvalue weighted by atomic mass is 127. The summed E-state index contributed by atoms with van der Waals surface area (Å²) >= 11 is 2.14. The van der Waals surface area contributed by atoms with Gasteiger partial charge in [-0.3, -0.25) is 19.3 Å². The van der Waals surface area contributed by atoms with Gasteiger partial charge in [0.25, 0.3) is 11.8 Å². The molecule has 0 aliphatic carbocycles. The van der Waals surface area contributed by atoms with E-state index in [1.165, 1.54) is 9.80 Å². The Morgan fingerprint density at radius 1 is 1.12 bits per heavy atom. The second-order valence-corrected chi connectivity index (χ2v) is 7.52. The highest BCUT2D eigenvalue weighted by Gasteiger charge is 2.59. The summed E-state index contributed by atoms with van der Waals surface area (Å²) in [6.07, 6.45) is 0.475. The lowest BCUT2D eigenvalue weighted by atomic mass is 9.96. The van der Waals surface area contributed by atoms with Crippen molar-refractivity contribution in [2.75, 3.05) is 17.3 Å². The van der Waals surface area contributed by atoms with Gasteiger partial charge in [-0.25, -0.2) is 0 Å². The Balaban J connectivity index is 1.83. The zero-order valence-electron chi connectivity index (χ0n) is 14.0. The van der Waals surface area contributed by atoms with Crippen LogP contribution in [0.5, 0.6) is 0 Å². The number of halogens is 1. The third kappa shape index (κ3) is 2.26. The molecule has 0 aromatic heterocycles. The number of amides is 3. The molecule has 1 saturated heterocycles. The molecule has 1 unspecified atom stereocenters. The maximum Gasteiger partial charge on any atom is 0.271 e. The Labute approximate surface area is 164 Å². The lowest BCUT2D eigenvalue weighted by molar-refractivity contribution is -0.128. The molecule has 0 saturated carbocycles. The van der Waals surface area contributed by atoms with Crippen molar-refractivity contribution < 1.29 is 14.4 Å². The number of carbonyl (C=O) groups is 3. The fourth-order valence-electron chi connectivity index (χ4n) is 3.71. The van der Waals surface area contributed by atoms with Gasteiger partial charge in [-0.2, -0.15) is 0 Å². The standard InChI is InChI=1S/C19H16IN3O3/c1-22-17(25)12-6-2-5-9-15(12)23-16(24)10-11-19(22,23)18(26)21-14-8-4-3-7-13(14)20/h2-9H,10-11H2,1H3,(H,21,26). The van der Waals surface area contributed by atoms with Crippen molar-refractivity contribution in [2.45, 2.75) is 18.5 Å². The molecule has 4 rings (SSSR count). The number of hydrogen-bond donors (Lipinski definition) is 1. The molecule has 1 atom stereocenters. The minimum Gasteiger partial charge on any atom is -0.321 e. The van der Waals surface area contributed by atoms with Gasteiger partial charge >= 0.3 is 0 Å². The Hall–Kier alpha value is -2.42. The van der Waals surface area contributed by atoms with Gasteiger partial charge < -0.3 is 10.2 Å². The van der Waals surface area contributed by atoms with E-state index in [0.29, 0.717) is 16.9 Å². The Bertz CT molecular complexity index is 945. The van der Waals surface area contributed by atoms with Gasteiger partial charge in [-0.05, 0) is 46.9 Å². The van der Waals surface area contributed by atoms with Crippen LogP contribution >= 0.6 is 22.6 Å². The van der Waals surface area contributed by atoms with E-state index < -0.39 is 5.66 Å². The van der Waals surface area contributed by atoms with E-state index >= 15 is 0 Å². The predicted molar refractivity (Wildman–Crippen MR) is 106 cm³/mol. The van der Waals surface area contributed by atoms with Crippen LogP contribution < -0.4 is 10.2 Å². The predicted octanol–water partition coefficient (Wildman–Crippen LogP) is 2.84. The van der Waals surface area contributed by atoms with Crippen LogP contribution in [0.4, 0.5) is 11.4 Å². The van der Waals surface area contributed by atoms with Crippen LogP contribution in [0.25, 0.3) is 0 Å². The van der Waals surface area contributed by atoms with Crippen LogP contribution in [0, 0.1) is 3.57 Å². The normalized spacial score (nSPS) is 21.5. The number of carbonyl (C=O) groups excluding carboxylic acids is 3. The highest BCUT2D eigenvalue weighted by Crippen LogP contribution is 2.44. The van der Waals surface area contributed by atoms with Crippen LogP contribution in [0.1, 0.15) is 23.2 Å². The first-order chi connectivity index (χ1) is 12.5. The van der Waals surface area contributed by atoms with Gasteiger partial charge in [0.05, 0.1) is 16.9 Å². The lowest BCUT2D eigenvalue weighted by Crippen LogP contribution is -2.68. The molecule has 2 aromatic rings. The monoisotopic (exact) mass is 461 g/mol. The van der Waals surface area contributed by atoms with E-state index in [9.17, 15) is 14.4 Å². The molecule has 1 fully saturated rings. The third-order valence-electron chi connectivity index (χ3n) is 5.03. The van der Waals surface area contributed by atoms with Crippen molar-refractivity contribution in [2.24, 2.45) is 0 Å². The van der Waals surface area contributed by atoms with Gasteiger partial charge in [0.1, 0.15) is 0 Å². The first-order valence-corrected chi connectivity index (χ1v) is 9.31. The van der Waals surface area contributed by atoms with Crippen LogP contribution in [0.15, 0.2) is 48.5 Å². The maximum absolute atomic E-state index is 13.3. The maximum atomic E-state index is 13.3. The molecule has 6 nitrogen and oxygen atoms in total. The molecule has 2 heterocycles. The zero-order chi connectivity index (χ0) is 18.5. The molecule has 132 valence electrons. The topological polar surface area (TPSA) is 69.7 Å². The highest BCUT2D eigenvalue weighted by molar-refractivity contribution is 14.1. The third-order valence-corrected chi connectivity index (χ3v) is 5.97. The number of likely N-dealkylation sites (N-methyl/N-ethyl adjacent to an activating group) is 1. The smallest absolute Gasteiger partial charge is 0.271 e. The number of benzene rings is 2. The van der Waals surface area contributed by atoms with Crippen molar-refractivity contribution in [3.8, 4) is 0 Å². The van der Waals surface area contributed by atoms with E-state index in [1.807, 2.05) is 18.2 Å². The number of nitrogens with zero attached hydrogens (tertiary/aromatic N) is 2. The number of anilines is 2. The van der Waals surface area contributed by atoms with E-state index in [1.54, 1.807) is 37.4 Å². The molecule has 0 radical (unpaired) electrons. The number of hydrogen-bond acceptors (Lipinski definition) is 3. The van der Waals surface area contributed by atoms with Crippen LogP contribution in [0.3, 0.4) is 0 Å². The summed E-state index contributed by atoms with van der Waals surface area (Å²) in [7, 11) is 1.58. The molecule has 1 N–H and O–H groups in total. The van der Waals surface area contributed by atoms with Crippen LogP contribution in [-0.4, -0.2) is 35.3 Å². The minimum absolute atomic E-state index is 0.158. The van der Waals surface area contributed by atoms with Crippen molar-refractivity contribution in [3.63, 3.8) is 0 Å². The van der Waals surface area contributed by atoms with Gasteiger partial charge in [-0.15, -0.1) is 0 Å². The zero-order valence-corrected chi connectivity index (χ0v) is 16.2. The largest absolute Gasteiger partial charge is 0.321 e. The summed E-state index contributed by atoms with van der Waals surface area (Å²) in [5.74, 6) is -0.794. The molecule has 3 amide bonds. The minimum atomic E-state index is -1.35.